The number of fused-ring (bicyclic) bond motifs is 12. The summed E-state index contributed by atoms with van der Waals surface area (Å²) in [6.45, 7) is 0. The molecule has 0 atom stereocenters. The summed E-state index contributed by atoms with van der Waals surface area (Å²) in [6.07, 6.45) is 13.8. The van der Waals surface area contributed by atoms with Gasteiger partial charge in [-0.1, -0.05) is 304 Å². The molecule has 10 aliphatic carbocycles. The second-order valence-electron chi connectivity index (χ2n) is 38.8. The molecule has 0 saturated heterocycles. The standard InChI is InChI=1S/C61H46N4.C39H25ClN4.C22H23BO2.CH4/c1-4-14-40(15-5-1)58-62-59(41-16-6-2-7-17-41)64-60(63-58)46-34-44(42-25-27-57-53(36-42)52-21-11-13-23-56(52)65(57)49-18-8-3-9-19-49)33-45(35-46)43-24-26-51-50-20-10-12-22-54(50)61(55(51)37-43)47-29-38-28-39(31-47)32-48(61)30-38;40-31-23-29(28-20-21-36-34(25-28)33-18-10-11-19-35(33)44(36)32-16-8-3-9-17-32)22-30(24-31)39-42-37(26-12-4-1-5-13-26)41-38(43-39)27-14-6-2-7-15-27;24-23(25)17-5-6-19-18-3-1-2-4-20(18)22(21(19)12-17)15-8-13-7-14(10-15)11-16(22)9-13;/h1-27,33-39,47-48H,28-32H2;1-25H;1-6,12-16,24-25H,7-11H2;1H4. The number of hydrogen-bond donors (Lipinski definition) is 2. The van der Waals surface area contributed by atoms with Crippen molar-refractivity contribution < 1.29 is 10.0 Å². The van der Waals surface area contributed by atoms with Crippen LogP contribution in [0.1, 0.15) is 93.9 Å². The van der Waals surface area contributed by atoms with E-state index in [1.807, 2.05) is 121 Å². The third-order valence-electron chi connectivity index (χ3n) is 31.6. The van der Waals surface area contributed by atoms with Crippen molar-refractivity contribution in [2.75, 3.05) is 0 Å². The SMILES string of the molecule is C.Clc1cc(-c2ccc3c(c2)c2ccccc2n3-c2ccccc2)cc(-c2nc(-c3ccccc3)nc(-c3ccccc3)n2)c1.OB(O)c1ccc2c(c1)C1(c3ccccc3-2)C2CC3CC(C2)CC1C3.c1ccc(-c2nc(-c3ccccc3)nc(-c3cc(-c4ccc5c(c4)C4(c6ccccc6-5)C5CC6CC(C5)CC4C6)cc(-c4ccc5c(c4)c4ccccc4n5-c4ccccc4)c3)n2)cc1. The average Bonchev–Trinajstić information content (AvgIpc) is 1.53. The van der Waals surface area contributed by atoms with Crippen molar-refractivity contribution in [1.29, 1.82) is 0 Å². The van der Waals surface area contributed by atoms with Crippen LogP contribution >= 0.6 is 11.6 Å². The van der Waals surface area contributed by atoms with Crippen LogP contribution in [0.25, 0.3) is 179 Å². The Morgan fingerprint density at radius 3 is 0.926 bits per heavy atom. The Balaban J connectivity index is 0.000000119. The van der Waals surface area contributed by atoms with Crippen LogP contribution in [0.4, 0.5) is 0 Å². The van der Waals surface area contributed by atoms with Gasteiger partial charge in [0.1, 0.15) is 0 Å². The zero-order chi connectivity index (χ0) is 88.9. The van der Waals surface area contributed by atoms with Crippen molar-refractivity contribution in [2.24, 2.45) is 47.3 Å². The van der Waals surface area contributed by atoms with Gasteiger partial charge in [0.25, 0.3) is 0 Å². The second-order valence-corrected chi connectivity index (χ2v) is 39.3. The molecule has 8 fully saturated rings. The molecule has 10 aliphatic rings. The molecule has 30 rings (SSSR count). The molecule has 2 N–H and O–H groups in total. The van der Waals surface area contributed by atoms with E-state index >= 15 is 0 Å². The first-order valence-electron chi connectivity index (χ1n) is 47.8. The summed E-state index contributed by atoms with van der Waals surface area (Å²) in [7, 11) is -1.39. The fourth-order valence-corrected chi connectivity index (χ4v) is 26.8. The smallest absolute Gasteiger partial charge is 0.423 e. The van der Waals surface area contributed by atoms with Crippen LogP contribution in [0.3, 0.4) is 0 Å². The van der Waals surface area contributed by atoms with E-state index in [2.05, 4.69) is 276 Å². The van der Waals surface area contributed by atoms with E-state index < -0.39 is 7.12 Å². The Morgan fingerprint density at radius 2 is 0.526 bits per heavy atom. The zero-order valence-electron chi connectivity index (χ0n) is 74.1. The zero-order valence-corrected chi connectivity index (χ0v) is 74.8. The van der Waals surface area contributed by atoms with Gasteiger partial charge in [0.15, 0.2) is 34.9 Å². The van der Waals surface area contributed by atoms with E-state index in [9.17, 15) is 10.0 Å². The van der Waals surface area contributed by atoms with Gasteiger partial charge in [0, 0.05) is 82.2 Å². The molecule has 12 heteroatoms. The van der Waals surface area contributed by atoms with Gasteiger partial charge in [-0.2, -0.15) is 0 Å². The first-order valence-corrected chi connectivity index (χ1v) is 48.2. The molecule has 0 unspecified atom stereocenters. The lowest BCUT2D eigenvalue weighted by molar-refractivity contribution is -0.0399. The van der Waals surface area contributed by atoms with E-state index in [0.717, 1.165) is 108 Å². The third kappa shape index (κ3) is 13.8. The van der Waals surface area contributed by atoms with Gasteiger partial charge in [-0.3, -0.25) is 0 Å². The quantitative estimate of drug-likeness (QED) is 0.116. The maximum Gasteiger partial charge on any atom is 0.488 e. The van der Waals surface area contributed by atoms with Gasteiger partial charge in [-0.15, -0.1) is 0 Å². The highest BCUT2D eigenvalue weighted by Crippen LogP contribution is 2.71. The minimum Gasteiger partial charge on any atom is -0.423 e. The summed E-state index contributed by atoms with van der Waals surface area (Å²) >= 11 is 6.79. The number of rotatable bonds is 12. The number of hydrogen-bond acceptors (Lipinski definition) is 8. The molecule has 4 heterocycles. The van der Waals surface area contributed by atoms with Crippen molar-refractivity contribution in [2.45, 2.75) is 82.5 Å². The first-order chi connectivity index (χ1) is 66.0. The van der Waals surface area contributed by atoms with Crippen LogP contribution < -0.4 is 5.46 Å². The van der Waals surface area contributed by atoms with Crippen LogP contribution in [-0.2, 0) is 10.8 Å². The average molecular weight is 1770 g/mol. The largest absolute Gasteiger partial charge is 0.488 e. The van der Waals surface area contributed by atoms with Gasteiger partial charge in [-0.25, -0.2) is 29.9 Å². The molecule has 0 aliphatic heterocycles. The number of nitrogens with zero attached hydrogens (tertiary/aromatic N) is 8. The highest BCUT2D eigenvalue weighted by atomic mass is 35.5. The lowest BCUT2D eigenvalue weighted by Crippen LogP contribution is -2.55. The summed E-state index contributed by atoms with van der Waals surface area (Å²) in [5.74, 6) is 10.3. The topological polar surface area (TPSA) is 128 Å². The van der Waals surface area contributed by atoms with Gasteiger partial charge in [0.2, 0.25) is 0 Å². The molecule has 8 bridgehead atoms. The van der Waals surface area contributed by atoms with E-state index in [1.54, 1.807) is 11.1 Å². The molecule has 0 amide bonds. The molecule has 0 radical (unpaired) electrons. The summed E-state index contributed by atoms with van der Waals surface area (Å²) in [6, 6.07) is 138. The number of benzene rings is 16. The molecule has 4 aromatic heterocycles. The minimum atomic E-state index is -1.39. The number of halogens is 1. The maximum atomic E-state index is 9.77. The number of aromatic nitrogens is 8. The van der Waals surface area contributed by atoms with Crippen molar-refractivity contribution in [3.8, 4) is 135 Å². The van der Waals surface area contributed by atoms with Crippen molar-refractivity contribution in [3.63, 3.8) is 0 Å². The lowest BCUT2D eigenvalue weighted by atomic mass is 9.43. The van der Waals surface area contributed by atoms with Crippen LogP contribution in [-0.4, -0.2) is 56.2 Å². The first kappa shape index (κ1) is 82.3. The van der Waals surface area contributed by atoms with Crippen LogP contribution in [0.2, 0.25) is 5.02 Å². The second kappa shape index (κ2) is 33.2. The van der Waals surface area contributed by atoms with Crippen molar-refractivity contribution >= 4 is 67.8 Å². The van der Waals surface area contributed by atoms with Crippen LogP contribution in [0, 0.1) is 47.3 Å². The summed E-state index contributed by atoms with van der Waals surface area (Å²) in [4.78, 5) is 30.3. The molecule has 10 nitrogen and oxygen atoms in total. The van der Waals surface area contributed by atoms with Gasteiger partial charge in [-0.05, 0) is 298 Å². The molecule has 652 valence electrons. The molecule has 20 aromatic rings. The van der Waals surface area contributed by atoms with E-state index in [1.165, 1.54) is 147 Å². The molecule has 135 heavy (non-hydrogen) atoms. The summed E-state index contributed by atoms with van der Waals surface area (Å²) in [5, 5.41) is 25.0. The van der Waals surface area contributed by atoms with E-state index in [0.29, 0.717) is 57.3 Å². The summed E-state index contributed by atoms with van der Waals surface area (Å²) < 4.78 is 4.71. The van der Waals surface area contributed by atoms with Crippen molar-refractivity contribution in [3.05, 3.63) is 416 Å². The lowest BCUT2D eigenvalue weighted by Gasteiger charge is -2.61. The van der Waals surface area contributed by atoms with E-state index in [4.69, 9.17) is 41.5 Å². The monoisotopic (exact) mass is 1760 g/mol. The molecule has 16 aromatic carbocycles. The molecule has 8 saturated carbocycles. The minimum absolute atomic E-state index is 0. The predicted molar refractivity (Wildman–Crippen MR) is 552 cm³/mol. The van der Waals surface area contributed by atoms with Gasteiger partial charge >= 0.3 is 7.12 Å². The van der Waals surface area contributed by atoms with E-state index in [-0.39, 0.29) is 18.3 Å². The predicted octanol–water partition coefficient (Wildman–Crippen LogP) is 29.0. The molecule has 2 spiro atoms. The highest BCUT2D eigenvalue weighted by Gasteiger charge is 2.63. The molecular formula is C123H98BClN8O2. The number of para-hydroxylation sites is 4. The highest BCUT2D eigenvalue weighted by molar-refractivity contribution is 6.58. The normalized spacial score (nSPS) is 20.7. The Kier molecular flexibility index (Phi) is 20.3. The van der Waals surface area contributed by atoms with Crippen molar-refractivity contribution in [1.82, 2.24) is 39.0 Å². The Labute approximate surface area is 792 Å². The van der Waals surface area contributed by atoms with Crippen LogP contribution in [0.15, 0.2) is 388 Å². The van der Waals surface area contributed by atoms with Gasteiger partial charge < -0.3 is 19.2 Å². The Morgan fingerprint density at radius 1 is 0.237 bits per heavy atom. The fraction of sp³-hybridized carbons (Fsp3) is 0.171. The Bertz CT molecular complexity index is 7850. The molecular weight excluding hydrogens is 1670 g/mol. The Hall–Kier alpha value is -14.6. The fourth-order valence-electron chi connectivity index (χ4n) is 26.5. The summed E-state index contributed by atoms with van der Waals surface area (Å²) in [5.41, 5.74) is 31.8. The van der Waals surface area contributed by atoms with Crippen LogP contribution in [0.5, 0.6) is 0 Å². The maximum absolute atomic E-state index is 9.77. The van der Waals surface area contributed by atoms with Gasteiger partial charge in [0.05, 0.1) is 22.1 Å². The third-order valence-corrected chi connectivity index (χ3v) is 31.8.